The van der Waals surface area contributed by atoms with Crippen LogP contribution in [0.1, 0.15) is 32.3 Å². The van der Waals surface area contributed by atoms with Crippen molar-refractivity contribution in [2.75, 3.05) is 13.1 Å². The molecule has 1 aromatic carbocycles. The Hall–Kier alpha value is -1.57. The van der Waals surface area contributed by atoms with Gasteiger partial charge in [0.1, 0.15) is 0 Å². The lowest BCUT2D eigenvalue weighted by molar-refractivity contribution is -0.128. The van der Waals surface area contributed by atoms with E-state index >= 15 is 0 Å². The highest BCUT2D eigenvalue weighted by molar-refractivity contribution is 5.73. The molecular formula is C16H21NO. The normalized spacial score (nSPS) is 15.6. The summed E-state index contributed by atoms with van der Waals surface area (Å²) < 4.78 is 0. The summed E-state index contributed by atoms with van der Waals surface area (Å²) in [5, 5.41) is 0. The highest BCUT2D eigenvalue weighted by Gasteiger charge is 2.25. The molecule has 0 bridgehead atoms. The van der Waals surface area contributed by atoms with Crippen molar-refractivity contribution in [3.63, 3.8) is 0 Å². The van der Waals surface area contributed by atoms with Gasteiger partial charge in [0.05, 0.1) is 0 Å². The smallest absolute Gasteiger partial charge is 0.219 e. The summed E-state index contributed by atoms with van der Waals surface area (Å²) in [6.45, 7) is 5.43. The van der Waals surface area contributed by atoms with Crippen LogP contribution in [0.2, 0.25) is 0 Å². The van der Waals surface area contributed by atoms with Gasteiger partial charge in [-0.2, -0.15) is 0 Å². The molecule has 1 fully saturated rings. The average Bonchev–Trinajstić information content (AvgIpc) is 3.13. The highest BCUT2D eigenvalue weighted by atomic mass is 16.2. The first kappa shape index (κ1) is 12.9. The molecule has 2 heteroatoms. The van der Waals surface area contributed by atoms with Crippen LogP contribution in [0, 0.1) is 5.92 Å². The fourth-order valence-corrected chi connectivity index (χ4v) is 2.10. The molecule has 0 aliphatic heterocycles. The molecule has 0 N–H and O–H groups in total. The summed E-state index contributed by atoms with van der Waals surface area (Å²) in [5.41, 5.74) is 2.43. The van der Waals surface area contributed by atoms with E-state index in [-0.39, 0.29) is 5.91 Å². The SMILES string of the molecule is CC(=O)N(C/C(C)=C\c1ccccc1)CC1CC1. The molecule has 1 saturated carbocycles. The molecule has 96 valence electrons. The van der Waals surface area contributed by atoms with Gasteiger partial charge in [0.15, 0.2) is 0 Å². The predicted octanol–water partition coefficient (Wildman–Crippen LogP) is 3.35. The Labute approximate surface area is 109 Å². The Morgan fingerprint density at radius 3 is 2.50 bits per heavy atom. The van der Waals surface area contributed by atoms with Gasteiger partial charge in [-0.3, -0.25) is 4.79 Å². The van der Waals surface area contributed by atoms with Crippen LogP contribution in [0.25, 0.3) is 6.08 Å². The van der Waals surface area contributed by atoms with Crippen molar-refractivity contribution < 1.29 is 4.79 Å². The molecule has 1 aromatic rings. The Kier molecular flexibility index (Phi) is 4.19. The van der Waals surface area contributed by atoms with Gasteiger partial charge in [0, 0.05) is 20.0 Å². The molecular weight excluding hydrogens is 222 g/mol. The largest absolute Gasteiger partial charge is 0.339 e. The maximum atomic E-state index is 11.6. The number of benzene rings is 1. The molecule has 0 heterocycles. The second-order valence-electron chi connectivity index (χ2n) is 5.24. The van der Waals surface area contributed by atoms with Crippen LogP contribution in [-0.4, -0.2) is 23.9 Å². The zero-order valence-electron chi connectivity index (χ0n) is 11.2. The standard InChI is InChI=1S/C16H21NO/c1-13(10-15-6-4-3-5-7-15)11-17(14(2)18)12-16-8-9-16/h3-7,10,16H,8-9,11-12H2,1-2H3/b13-10-. The molecule has 0 unspecified atom stereocenters. The van der Waals surface area contributed by atoms with Gasteiger partial charge in [0.2, 0.25) is 5.91 Å². The van der Waals surface area contributed by atoms with Crippen LogP contribution in [0.3, 0.4) is 0 Å². The van der Waals surface area contributed by atoms with Crippen LogP contribution >= 0.6 is 0 Å². The summed E-state index contributed by atoms with van der Waals surface area (Å²) in [7, 11) is 0. The first-order valence-corrected chi connectivity index (χ1v) is 6.63. The van der Waals surface area contributed by atoms with Crippen LogP contribution in [0.15, 0.2) is 35.9 Å². The van der Waals surface area contributed by atoms with Gasteiger partial charge in [-0.25, -0.2) is 0 Å². The highest BCUT2D eigenvalue weighted by Crippen LogP contribution is 2.30. The minimum absolute atomic E-state index is 0.183. The van der Waals surface area contributed by atoms with E-state index in [9.17, 15) is 4.79 Å². The number of rotatable bonds is 5. The third kappa shape index (κ3) is 4.02. The fraction of sp³-hybridized carbons (Fsp3) is 0.438. The van der Waals surface area contributed by atoms with Crippen molar-refractivity contribution in [1.82, 2.24) is 4.90 Å². The fourth-order valence-electron chi connectivity index (χ4n) is 2.10. The lowest BCUT2D eigenvalue weighted by atomic mass is 10.1. The minimum Gasteiger partial charge on any atom is -0.339 e. The zero-order valence-corrected chi connectivity index (χ0v) is 11.2. The third-order valence-electron chi connectivity index (χ3n) is 3.27. The van der Waals surface area contributed by atoms with Crippen LogP contribution in [-0.2, 0) is 4.79 Å². The Morgan fingerprint density at radius 2 is 1.94 bits per heavy atom. The van der Waals surface area contributed by atoms with E-state index in [0.29, 0.717) is 0 Å². The summed E-state index contributed by atoms with van der Waals surface area (Å²) in [6, 6.07) is 10.3. The molecule has 1 aliphatic carbocycles. The molecule has 1 aliphatic rings. The Bertz CT molecular complexity index is 432. The van der Waals surface area contributed by atoms with Crippen molar-refractivity contribution in [1.29, 1.82) is 0 Å². The number of carbonyl (C=O) groups is 1. The second-order valence-corrected chi connectivity index (χ2v) is 5.24. The zero-order chi connectivity index (χ0) is 13.0. The number of nitrogens with zero attached hydrogens (tertiary/aromatic N) is 1. The number of carbonyl (C=O) groups excluding carboxylic acids is 1. The second kappa shape index (κ2) is 5.85. The summed E-state index contributed by atoms with van der Waals surface area (Å²) in [4.78, 5) is 13.6. The first-order valence-electron chi connectivity index (χ1n) is 6.63. The van der Waals surface area contributed by atoms with Crippen molar-refractivity contribution in [2.24, 2.45) is 5.92 Å². The molecule has 0 saturated heterocycles. The molecule has 2 rings (SSSR count). The Morgan fingerprint density at radius 1 is 1.28 bits per heavy atom. The lowest BCUT2D eigenvalue weighted by Crippen LogP contribution is -2.32. The van der Waals surface area contributed by atoms with Crippen molar-refractivity contribution in [2.45, 2.75) is 26.7 Å². The molecule has 0 radical (unpaired) electrons. The third-order valence-corrected chi connectivity index (χ3v) is 3.27. The van der Waals surface area contributed by atoms with E-state index in [4.69, 9.17) is 0 Å². The van der Waals surface area contributed by atoms with Gasteiger partial charge in [-0.1, -0.05) is 42.0 Å². The molecule has 1 amide bonds. The van der Waals surface area contributed by atoms with Crippen LogP contribution in [0.5, 0.6) is 0 Å². The molecule has 0 spiro atoms. The van der Waals surface area contributed by atoms with Crippen molar-refractivity contribution in [3.8, 4) is 0 Å². The van der Waals surface area contributed by atoms with E-state index < -0.39 is 0 Å². The summed E-state index contributed by atoms with van der Waals surface area (Å²) in [5.74, 6) is 0.932. The van der Waals surface area contributed by atoms with Gasteiger partial charge in [-0.05, 0) is 31.2 Å². The van der Waals surface area contributed by atoms with Gasteiger partial charge in [-0.15, -0.1) is 0 Å². The van der Waals surface area contributed by atoms with Gasteiger partial charge >= 0.3 is 0 Å². The van der Waals surface area contributed by atoms with Crippen LogP contribution in [0.4, 0.5) is 0 Å². The average molecular weight is 243 g/mol. The number of amides is 1. The minimum atomic E-state index is 0.183. The van der Waals surface area contributed by atoms with E-state index in [1.54, 1.807) is 6.92 Å². The maximum Gasteiger partial charge on any atom is 0.219 e. The quantitative estimate of drug-likeness (QED) is 0.776. The van der Waals surface area contributed by atoms with E-state index in [0.717, 1.165) is 19.0 Å². The van der Waals surface area contributed by atoms with E-state index in [1.807, 2.05) is 23.1 Å². The maximum absolute atomic E-state index is 11.6. The molecule has 0 atom stereocenters. The lowest BCUT2D eigenvalue weighted by Gasteiger charge is -2.21. The Balaban J connectivity index is 1.97. The van der Waals surface area contributed by atoms with Gasteiger partial charge in [0.25, 0.3) is 0 Å². The topological polar surface area (TPSA) is 20.3 Å². The van der Waals surface area contributed by atoms with Crippen molar-refractivity contribution >= 4 is 12.0 Å². The molecule has 2 nitrogen and oxygen atoms in total. The van der Waals surface area contributed by atoms with E-state index in [2.05, 4.69) is 25.1 Å². The monoisotopic (exact) mass is 243 g/mol. The van der Waals surface area contributed by atoms with Gasteiger partial charge < -0.3 is 4.90 Å². The molecule has 0 aromatic heterocycles. The molecule has 18 heavy (non-hydrogen) atoms. The first-order chi connectivity index (χ1) is 8.65. The summed E-state index contributed by atoms with van der Waals surface area (Å²) >= 11 is 0. The van der Waals surface area contributed by atoms with Crippen LogP contribution < -0.4 is 0 Å². The van der Waals surface area contributed by atoms with E-state index in [1.165, 1.54) is 24.0 Å². The number of hydrogen-bond acceptors (Lipinski definition) is 1. The summed E-state index contributed by atoms with van der Waals surface area (Å²) in [6.07, 6.45) is 4.72. The predicted molar refractivity (Wildman–Crippen MR) is 75.1 cm³/mol. The van der Waals surface area contributed by atoms with Crippen molar-refractivity contribution in [3.05, 3.63) is 41.5 Å². The number of hydrogen-bond donors (Lipinski definition) is 0.